The first-order valence-corrected chi connectivity index (χ1v) is 5.77. The number of nitrogens with zero attached hydrogens (tertiary/aromatic N) is 2. The summed E-state index contributed by atoms with van der Waals surface area (Å²) in [6.07, 6.45) is -2.87. The van der Waals surface area contributed by atoms with Crippen LogP contribution in [-0.2, 0) is 0 Å². The quantitative estimate of drug-likeness (QED) is 0.885. The molecular weight excluding hydrogens is 290 g/mol. The van der Waals surface area contributed by atoms with Gasteiger partial charge in [0.2, 0.25) is 0 Å². The molecule has 1 N–H and O–H groups in total. The highest BCUT2D eigenvalue weighted by Crippen LogP contribution is 2.19. The van der Waals surface area contributed by atoms with Crippen LogP contribution >= 0.6 is 0 Å². The van der Waals surface area contributed by atoms with E-state index in [4.69, 9.17) is 0 Å². The first-order chi connectivity index (χ1) is 9.88. The Balaban J connectivity index is 2.30. The van der Waals surface area contributed by atoms with E-state index in [2.05, 4.69) is 15.3 Å². The van der Waals surface area contributed by atoms with E-state index in [1.807, 2.05) is 0 Å². The number of hydrogen-bond donors (Lipinski definition) is 1. The molecule has 0 fully saturated rings. The minimum atomic E-state index is -2.87. The third kappa shape index (κ3) is 3.33. The lowest BCUT2D eigenvalue weighted by Crippen LogP contribution is -2.16. The van der Waals surface area contributed by atoms with E-state index in [-0.39, 0.29) is 11.5 Å². The molecule has 1 aromatic heterocycles. The van der Waals surface area contributed by atoms with Gasteiger partial charge in [-0.15, -0.1) is 0 Å². The zero-order valence-electron chi connectivity index (χ0n) is 10.7. The van der Waals surface area contributed by atoms with Gasteiger partial charge in [-0.3, -0.25) is 4.79 Å². The summed E-state index contributed by atoms with van der Waals surface area (Å²) >= 11 is 0. The van der Waals surface area contributed by atoms with Crippen LogP contribution in [0, 0.1) is 18.6 Å². The molecular formula is C13H9F4N3O. The topological polar surface area (TPSA) is 54.9 Å². The number of aromatic nitrogens is 2. The van der Waals surface area contributed by atoms with Crippen LogP contribution in [0.3, 0.4) is 0 Å². The standard InChI is InChI=1S/C13H9F4N3O/c1-6-18-9(12(16)17)5-10(19-6)13(21)20-8-4-2-3-7(14)11(8)15/h2-5,12H,1H3,(H,20,21). The molecule has 1 amide bonds. The molecule has 0 spiro atoms. The maximum atomic E-state index is 13.4. The molecule has 0 saturated carbocycles. The fourth-order valence-corrected chi connectivity index (χ4v) is 1.61. The summed E-state index contributed by atoms with van der Waals surface area (Å²) in [5, 5.41) is 2.07. The average Bonchev–Trinajstić information content (AvgIpc) is 2.43. The lowest BCUT2D eigenvalue weighted by Gasteiger charge is -2.08. The number of aryl methyl sites for hydroxylation is 1. The number of carbonyl (C=O) groups excluding carboxylic acids is 1. The minimum Gasteiger partial charge on any atom is -0.318 e. The van der Waals surface area contributed by atoms with Crippen LogP contribution in [0.4, 0.5) is 23.2 Å². The number of alkyl halides is 2. The highest BCUT2D eigenvalue weighted by molar-refractivity contribution is 6.03. The van der Waals surface area contributed by atoms with Crippen LogP contribution in [0.25, 0.3) is 0 Å². The van der Waals surface area contributed by atoms with Crippen molar-refractivity contribution in [3.63, 3.8) is 0 Å². The van der Waals surface area contributed by atoms with E-state index in [0.29, 0.717) is 0 Å². The number of benzene rings is 1. The third-order valence-corrected chi connectivity index (χ3v) is 2.51. The normalized spacial score (nSPS) is 10.8. The molecule has 0 aliphatic rings. The molecule has 0 aliphatic carbocycles. The van der Waals surface area contributed by atoms with Crippen LogP contribution < -0.4 is 5.32 Å². The predicted molar refractivity (Wildman–Crippen MR) is 66.0 cm³/mol. The molecule has 21 heavy (non-hydrogen) atoms. The molecule has 0 saturated heterocycles. The highest BCUT2D eigenvalue weighted by Gasteiger charge is 2.17. The molecule has 0 bridgehead atoms. The molecule has 1 heterocycles. The fraction of sp³-hybridized carbons (Fsp3) is 0.154. The second-order valence-corrected chi connectivity index (χ2v) is 4.08. The Morgan fingerprint density at radius 3 is 2.62 bits per heavy atom. The molecule has 0 unspecified atom stereocenters. The van der Waals surface area contributed by atoms with Crippen molar-refractivity contribution in [3.8, 4) is 0 Å². The Kier molecular flexibility index (Phi) is 4.15. The van der Waals surface area contributed by atoms with Crippen molar-refractivity contribution in [2.75, 3.05) is 5.32 Å². The number of nitrogens with one attached hydrogen (secondary N) is 1. The fourth-order valence-electron chi connectivity index (χ4n) is 1.61. The van der Waals surface area contributed by atoms with E-state index in [9.17, 15) is 22.4 Å². The smallest absolute Gasteiger partial charge is 0.280 e. The maximum Gasteiger partial charge on any atom is 0.280 e. The Labute approximate surface area is 116 Å². The minimum absolute atomic E-state index is 0.0299. The molecule has 0 atom stereocenters. The predicted octanol–water partition coefficient (Wildman–Crippen LogP) is 3.25. The Morgan fingerprint density at radius 2 is 1.95 bits per heavy atom. The van der Waals surface area contributed by atoms with Crippen molar-refractivity contribution in [1.29, 1.82) is 0 Å². The van der Waals surface area contributed by atoms with E-state index in [1.165, 1.54) is 13.0 Å². The summed E-state index contributed by atoms with van der Waals surface area (Å²) in [7, 11) is 0. The Hall–Kier alpha value is -2.51. The number of carbonyl (C=O) groups is 1. The van der Waals surface area contributed by atoms with Crippen LogP contribution in [-0.4, -0.2) is 15.9 Å². The largest absolute Gasteiger partial charge is 0.318 e. The van der Waals surface area contributed by atoms with Crippen molar-refractivity contribution in [2.45, 2.75) is 13.3 Å². The summed E-state index contributed by atoms with van der Waals surface area (Å²) in [6, 6.07) is 4.02. The molecule has 4 nitrogen and oxygen atoms in total. The zero-order chi connectivity index (χ0) is 15.6. The van der Waals surface area contributed by atoms with Gasteiger partial charge in [0, 0.05) is 0 Å². The second-order valence-electron chi connectivity index (χ2n) is 4.08. The summed E-state index contributed by atoms with van der Waals surface area (Å²) in [5.74, 6) is -3.35. The van der Waals surface area contributed by atoms with Crippen molar-refractivity contribution in [2.24, 2.45) is 0 Å². The lowest BCUT2D eigenvalue weighted by molar-refractivity contribution is 0.102. The summed E-state index contributed by atoms with van der Waals surface area (Å²) in [5.41, 5.74) is -1.39. The van der Waals surface area contributed by atoms with Gasteiger partial charge in [0.15, 0.2) is 11.6 Å². The van der Waals surface area contributed by atoms with Crippen molar-refractivity contribution in [1.82, 2.24) is 9.97 Å². The zero-order valence-corrected chi connectivity index (χ0v) is 10.7. The number of amides is 1. The maximum absolute atomic E-state index is 13.4. The van der Waals surface area contributed by atoms with Crippen LogP contribution in [0.1, 0.15) is 28.4 Å². The van der Waals surface area contributed by atoms with E-state index < -0.39 is 35.3 Å². The number of hydrogen-bond acceptors (Lipinski definition) is 3. The van der Waals surface area contributed by atoms with Gasteiger partial charge >= 0.3 is 0 Å². The number of rotatable bonds is 3. The van der Waals surface area contributed by atoms with Gasteiger partial charge in [-0.1, -0.05) is 6.07 Å². The first kappa shape index (κ1) is 14.9. The number of anilines is 1. The summed E-state index contributed by atoms with van der Waals surface area (Å²) in [6.45, 7) is 1.34. The molecule has 0 radical (unpaired) electrons. The van der Waals surface area contributed by atoms with Crippen LogP contribution in [0.2, 0.25) is 0 Å². The molecule has 110 valence electrons. The van der Waals surface area contributed by atoms with Gasteiger partial charge in [0.1, 0.15) is 17.2 Å². The molecule has 2 rings (SSSR count). The van der Waals surface area contributed by atoms with E-state index >= 15 is 0 Å². The molecule has 0 aliphatic heterocycles. The van der Waals surface area contributed by atoms with Gasteiger partial charge in [-0.2, -0.15) is 0 Å². The van der Waals surface area contributed by atoms with Gasteiger partial charge in [0.05, 0.1) is 5.69 Å². The third-order valence-electron chi connectivity index (χ3n) is 2.51. The van der Waals surface area contributed by atoms with Gasteiger partial charge in [-0.25, -0.2) is 27.5 Å². The monoisotopic (exact) mass is 299 g/mol. The van der Waals surface area contributed by atoms with Crippen molar-refractivity contribution < 1.29 is 22.4 Å². The Bertz CT molecular complexity index is 691. The first-order valence-electron chi connectivity index (χ1n) is 5.77. The molecule has 1 aromatic carbocycles. The van der Waals surface area contributed by atoms with Gasteiger partial charge in [0.25, 0.3) is 12.3 Å². The van der Waals surface area contributed by atoms with Gasteiger partial charge < -0.3 is 5.32 Å². The molecule has 2 aromatic rings. The summed E-state index contributed by atoms with van der Waals surface area (Å²) in [4.78, 5) is 19.0. The molecule has 8 heteroatoms. The Morgan fingerprint density at radius 1 is 1.24 bits per heavy atom. The van der Waals surface area contributed by atoms with E-state index in [0.717, 1.165) is 18.2 Å². The van der Waals surface area contributed by atoms with Crippen molar-refractivity contribution in [3.05, 3.63) is 53.1 Å². The van der Waals surface area contributed by atoms with Gasteiger partial charge in [-0.05, 0) is 25.1 Å². The van der Waals surface area contributed by atoms with Crippen LogP contribution in [0.15, 0.2) is 24.3 Å². The van der Waals surface area contributed by atoms with Crippen molar-refractivity contribution >= 4 is 11.6 Å². The van der Waals surface area contributed by atoms with E-state index in [1.54, 1.807) is 0 Å². The lowest BCUT2D eigenvalue weighted by atomic mass is 10.2. The SMILES string of the molecule is Cc1nc(C(=O)Nc2cccc(F)c2F)cc(C(F)F)n1. The highest BCUT2D eigenvalue weighted by atomic mass is 19.3. The van der Waals surface area contributed by atoms with Crippen LogP contribution in [0.5, 0.6) is 0 Å². The average molecular weight is 299 g/mol. The summed E-state index contributed by atoms with van der Waals surface area (Å²) < 4.78 is 51.6. The second kappa shape index (κ2) is 5.86. The number of halogens is 4.